The van der Waals surface area contributed by atoms with Crippen molar-refractivity contribution in [3.05, 3.63) is 23.0 Å². The summed E-state index contributed by atoms with van der Waals surface area (Å²) in [6.07, 6.45) is 6.16. The van der Waals surface area contributed by atoms with Crippen LogP contribution in [0.2, 0.25) is 19.6 Å². The molecule has 4 unspecified atom stereocenters. The van der Waals surface area contributed by atoms with E-state index < -0.39 is 8.32 Å². The molecule has 2 heteroatoms. The topological polar surface area (TPSA) is 9.23 Å². The van der Waals surface area contributed by atoms with Crippen LogP contribution in [0.1, 0.15) is 60.8 Å². The van der Waals surface area contributed by atoms with E-state index in [4.69, 9.17) is 4.43 Å². The lowest BCUT2D eigenvalue weighted by molar-refractivity contribution is 0.311. The van der Waals surface area contributed by atoms with Gasteiger partial charge in [0.1, 0.15) is 0 Å². The highest BCUT2D eigenvalue weighted by Crippen LogP contribution is 2.45. The largest absolute Gasteiger partial charge is 0.547 e. The second-order valence-corrected chi connectivity index (χ2v) is 12.6. The van der Waals surface area contributed by atoms with Crippen LogP contribution in [0.4, 0.5) is 0 Å². The van der Waals surface area contributed by atoms with Crippen molar-refractivity contribution in [2.24, 2.45) is 23.7 Å². The first-order valence-electron chi connectivity index (χ1n) is 9.31. The second kappa shape index (κ2) is 7.85. The summed E-state index contributed by atoms with van der Waals surface area (Å²) in [5, 5.41) is 0. The molecule has 0 N–H and O–H groups in total. The zero-order valence-electron chi connectivity index (χ0n) is 16.4. The summed E-state index contributed by atoms with van der Waals surface area (Å²) < 4.78 is 6.66. The van der Waals surface area contributed by atoms with E-state index in [0.29, 0.717) is 23.7 Å². The van der Waals surface area contributed by atoms with Gasteiger partial charge in [0.25, 0.3) is 0 Å². The van der Waals surface area contributed by atoms with Crippen LogP contribution in [0.3, 0.4) is 0 Å². The van der Waals surface area contributed by atoms with E-state index in [2.05, 4.69) is 67.3 Å². The average molecular weight is 323 g/mol. The van der Waals surface area contributed by atoms with E-state index >= 15 is 0 Å². The molecule has 1 aliphatic rings. The molecule has 0 aromatic rings. The first kappa shape index (κ1) is 19.5. The monoisotopic (exact) mass is 322 g/mol. The molecule has 1 aliphatic carbocycles. The number of hydrogen-bond acceptors (Lipinski definition) is 1. The highest BCUT2D eigenvalue weighted by atomic mass is 28.4. The van der Waals surface area contributed by atoms with E-state index in [0.717, 1.165) is 0 Å². The maximum absolute atomic E-state index is 6.66. The van der Waals surface area contributed by atoms with Gasteiger partial charge in [-0.05, 0) is 61.4 Å². The zero-order valence-corrected chi connectivity index (χ0v) is 17.4. The number of allylic oxidation sites excluding steroid dienone is 3. The molecule has 22 heavy (non-hydrogen) atoms. The van der Waals surface area contributed by atoms with Gasteiger partial charge in [0.05, 0.1) is 5.76 Å². The van der Waals surface area contributed by atoms with Gasteiger partial charge in [-0.1, -0.05) is 54.0 Å². The van der Waals surface area contributed by atoms with Gasteiger partial charge < -0.3 is 4.43 Å². The Bertz CT molecular complexity index is 427. The number of rotatable bonds is 8. The Morgan fingerprint density at radius 2 is 1.50 bits per heavy atom. The van der Waals surface area contributed by atoms with Crippen LogP contribution in [0.5, 0.6) is 0 Å². The summed E-state index contributed by atoms with van der Waals surface area (Å²) in [4.78, 5) is 0. The third-order valence-corrected chi connectivity index (χ3v) is 5.99. The molecule has 4 atom stereocenters. The molecule has 0 heterocycles. The third-order valence-electron chi connectivity index (χ3n) is 5.16. The zero-order chi connectivity index (χ0) is 17.1. The first-order chi connectivity index (χ1) is 10.2. The summed E-state index contributed by atoms with van der Waals surface area (Å²) in [5.41, 5.74) is 3.12. The summed E-state index contributed by atoms with van der Waals surface area (Å²) in [5.74, 6) is 3.72. The molecule has 128 valence electrons. The first-order valence-corrected chi connectivity index (χ1v) is 12.7. The molecule has 0 spiro atoms. The third kappa shape index (κ3) is 4.50. The molecular weight excluding hydrogens is 284 g/mol. The summed E-state index contributed by atoms with van der Waals surface area (Å²) in [7, 11) is -1.59. The fraction of sp³-hybridized carbons (Fsp3) is 0.800. The Kier molecular flexibility index (Phi) is 6.98. The van der Waals surface area contributed by atoms with Crippen LogP contribution < -0.4 is 0 Å². The minimum Gasteiger partial charge on any atom is -0.547 e. The van der Waals surface area contributed by atoms with E-state index in [9.17, 15) is 0 Å². The van der Waals surface area contributed by atoms with Crippen LogP contribution in [-0.4, -0.2) is 8.32 Å². The van der Waals surface area contributed by atoms with Gasteiger partial charge in [-0.3, -0.25) is 0 Å². The van der Waals surface area contributed by atoms with Gasteiger partial charge in [-0.2, -0.15) is 0 Å². The van der Waals surface area contributed by atoms with Crippen molar-refractivity contribution >= 4 is 8.32 Å². The molecular formula is C20H38OSi. The van der Waals surface area contributed by atoms with E-state index in [-0.39, 0.29) is 0 Å². The van der Waals surface area contributed by atoms with Crippen LogP contribution in [0.25, 0.3) is 0 Å². The SMILES string of the molecule is CCC(C)C1=CC(C(C)CC)C(O[Si](C)(C)C)=C1C(C)CC. The molecule has 1 nitrogen and oxygen atoms in total. The lowest BCUT2D eigenvalue weighted by Crippen LogP contribution is -2.28. The molecule has 0 aromatic heterocycles. The van der Waals surface area contributed by atoms with Crippen molar-refractivity contribution in [3.8, 4) is 0 Å². The van der Waals surface area contributed by atoms with E-state index in [1.54, 1.807) is 11.1 Å². The van der Waals surface area contributed by atoms with Crippen molar-refractivity contribution in [3.63, 3.8) is 0 Å². The smallest absolute Gasteiger partial charge is 0.241 e. The van der Waals surface area contributed by atoms with Gasteiger partial charge in [0, 0.05) is 5.92 Å². The van der Waals surface area contributed by atoms with E-state index in [1.165, 1.54) is 25.0 Å². The quantitative estimate of drug-likeness (QED) is 0.447. The lowest BCUT2D eigenvalue weighted by atomic mass is 9.86. The Morgan fingerprint density at radius 3 is 1.91 bits per heavy atom. The molecule has 0 saturated heterocycles. The minimum atomic E-state index is -1.59. The summed E-state index contributed by atoms with van der Waals surface area (Å²) >= 11 is 0. The predicted octanol–water partition coefficient (Wildman–Crippen LogP) is 6.79. The molecule has 0 bridgehead atoms. The van der Waals surface area contributed by atoms with Crippen molar-refractivity contribution in [1.29, 1.82) is 0 Å². The van der Waals surface area contributed by atoms with Gasteiger partial charge in [-0.25, -0.2) is 0 Å². The van der Waals surface area contributed by atoms with Gasteiger partial charge >= 0.3 is 0 Å². The Hall–Kier alpha value is -0.503. The highest BCUT2D eigenvalue weighted by Gasteiger charge is 2.36. The molecule has 0 radical (unpaired) electrons. The van der Waals surface area contributed by atoms with Gasteiger partial charge in [0.15, 0.2) is 0 Å². The molecule has 0 aromatic carbocycles. The minimum absolute atomic E-state index is 0.490. The predicted molar refractivity (Wildman–Crippen MR) is 101 cm³/mol. The molecule has 0 saturated carbocycles. The molecule has 1 rings (SSSR count). The molecule has 0 aliphatic heterocycles. The second-order valence-electron chi connectivity index (χ2n) is 8.14. The normalized spacial score (nSPS) is 23.3. The van der Waals surface area contributed by atoms with Gasteiger partial charge in [0.2, 0.25) is 8.32 Å². The fourth-order valence-corrected chi connectivity index (χ4v) is 4.10. The Morgan fingerprint density at radius 1 is 0.955 bits per heavy atom. The fourth-order valence-electron chi connectivity index (χ4n) is 3.19. The van der Waals surface area contributed by atoms with Crippen LogP contribution in [0, 0.1) is 23.7 Å². The van der Waals surface area contributed by atoms with Crippen molar-refractivity contribution < 1.29 is 4.43 Å². The van der Waals surface area contributed by atoms with Gasteiger partial charge in [-0.15, -0.1) is 0 Å². The van der Waals surface area contributed by atoms with Crippen molar-refractivity contribution in [2.45, 2.75) is 80.4 Å². The summed E-state index contributed by atoms with van der Waals surface area (Å²) in [6, 6.07) is 0. The Labute approximate surface area is 140 Å². The molecule has 0 amide bonds. The highest BCUT2D eigenvalue weighted by molar-refractivity contribution is 6.70. The molecule has 0 fully saturated rings. The Balaban J connectivity index is 3.38. The van der Waals surface area contributed by atoms with Crippen molar-refractivity contribution in [2.75, 3.05) is 0 Å². The lowest BCUT2D eigenvalue weighted by Gasteiger charge is -2.30. The van der Waals surface area contributed by atoms with Crippen molar-refractivity contribution in [1.82, 2.24) is 0 Å². The maximum atomic E-state index is 6.66. The number of hydrogen-bond donors (Lipinski definition) is 0. The van der Waals surface area contributed by atoms with Crippen LogP contribution >= 0.6 is 0 Å². The average Bonchev–Trinajstić information content (AvgIpc) is 2.81. The maximum Gasteiger partial charge on any atom is 0.241 e. The van der Waals surface area contributed by atoms with E-state index in [1.807, 2.05) is 0 Å². The van der Waals surface area contributed by atoms with Crippen LogP contribution in [0.15, 0.2) is 23.0 Å². The standard InChI is InChI=1S/C20H38OSi/c1-10-14(4)17-13-18(15(5)11-2)20(21-22(7,8)9)19(17)16(6)12-3/h13-16,18H,10-12H2,1-9H3. The summed E-state index contributed by atoms with van der Waals surface area (Å²) in [6.45, 7) is 21.0. The van der Waals surface area contributed by atoms with Crippen LogP contribution in [-0.2, 0) is 4.43 Å².